The average Bonchev–Trinajstić information content (AvgIpc) is 2.36. The summed E-state index contributed by atoms with van der Waals surface area (Å²) in [5, 5.41) is 11.1. The quantitative estimate of drug-likeness (QED) is 0.881. The van der Waals surface area contributed by atoms with Crippen LogP contribution in [-0.4, -0.2) is 24.3 Å². The summed E-state index contributed by atoms with van der Waals surface area (Å²) in [5.41, 5.74) is 1.45. The molecule has 0 saturated carbocycles. The fourth-order valence-electron chi connectivity index (χ4n) is 1.99. The summed E-state index contributed by atoms with van der Waals surface area (Å²) in [6, 6.07) is 5.59. The van der Waals surface area contributed by atoms with Gasteiger partial charge in [-0.15, -0.1) is 0 Å². The van der Waals surface area contributed by atoms with Gasteiger partial charge >= 0.3 is 0 Å². The second-order valence-corrected chi connectivity index (χ2v) is 3.76. The minimum Gasteiger partial charge on any atom is -0.496 e. The van der Waals surface area contributed by atoms with Crippen molar-refractivity contribution < 1.29 is 14.6 Å². The maximum absolute atomic E-state index is 9.38. The van der Waals surface area contributed by atoms with Crippen molar-refractivity contribution in [2.75, 3.05) is 14.2 Å². The number of methoxy groups -OCH3 is 2. The zero-order valence-electron chi connectivity index (χ0n) is 10.2. The number of fused-ring (bicyclic) bond motifs is 1. The first-order valence-electron chi connectivity index (χ1n) is 5.33. The Balaban J connectivity index is 2.89. The molecule has 0 aliphatic rings. The van der Waals surface area contributed by atoms with Crippen molar-refractivity contribution in [1.29, 1.82) is 0 Å². The Kier molecular flexibility index (Phi) is 3.15. The van der Waals surface area contributed by atoms with Crippen LogP contribution in [0.15, 0.2) is 18.2 Å². The second-order valence-electron chi connectivity index (χ2n) is 3.76. The Bertz CT molecular complexity index is 552. The van der Waals surface area contributed by atoms with Crippen LogP contribution < -0.4 is 9.47 Å². The van der Waals surface area contributed by atoms with E-state index in [0.29, 0.717) is 11.4 Å². The molecule has 1 heterocycles. The van der Waals surface area contributed by atoms with E-state index in [2.05, 4.69) is 4.98 Å². The molecule has 1 aromatic heterocycles. The molecular formula is C13H15NO3. The molecule has 0 spiro atoms. The van der Waals surface area contributed by atoms with Crippen molar-refractivity contribution in [2.45, 2.75) is 13.5 Å². The van der Waals surface area contributed by atoms with Crippen molar-refractivity contribution >= 4 is 10.8 Å². The number of benzene rings is 1. The van der Waals surface area contributed by atoms with Crippen LogP contribution in [-0.2, 0) is 6.61 Å². The predicted molar refractivity (Wildman–Crippen MR) is 65.5 cm³/mol. The van der Waals surface area contributed by atoms with Gasteiger partial charge in [-0.3, -0.25) is 4.98 Å². The van der Waals surface area contributed by atoms with E-state index in [1.165, 1.54) is 0 Å². The van der Waals surface area contributed by atoms with E-state index >= 15 is 0 Å². The Morgan fingerprint density at radius 1 is 1.18 bits per heavy atom. The lowest BCUT2D eigenvalue weighted by Crippen LogP contribution is -1.98. The van der Waals surface area contributed by atoms with E-state index in [4.69, 9.17) is 9.47 Å². The molecule has 0 aliphatic heterocycles. The highest BCUT2D eigenvalue weighted by Gasteiger charge is 2.12. The number of aryl methyl sites for hydroxylation is 1. The third-order valence-electron chi connectivity index (χ3n) is 2.71. The lowest BCUT2D eigenvalue weighted by Gasteiger charge is -2.12. The molecule has 0 amide bonds. The van der Waals surface area contributed by atoms with Crippen molar-refractivity contribution in [3.63, 3.8) is 0 Å². The number of aliphatic hydroxyl groups is 1. The topological polar surface area (TPSA) is 51.6 Å². The van der Waals surface area contributed by atoms with Crippen LogP contribution in [0.5, 0.6) is 11.5 Å². The molecule has 1 aromatic carbocycles. The first-order chi connectivity index (χ1) is 8.21. The summed E-state index contributed by atoms with van der Waals surface area (Å²) >= 11 is 0. The number of pyridine rings is 1. The Labute approximate surface area is 99.8 Å². The van der Waals surface area contributed by atoms with Crippen LogP contribution in [0, 0.1) is 6.92 Å². The molecule has 0 radical (unpaired) electrons. The van der Waals surface area contributed by atoms with Crippen molar-refractivity contribution in [2.24, 2.45) is 0 Å². The fourth-order valence-corrected chi connectivity index (χ4v) is 1.99. The molecule has 0 unspecified atom stereocenters. The minimum absolute atomic E-state index is 0.123. The van der Waals surface area contributed by atoms with Gasteiger partial charge < -0.3 is 14.6 Å². The number of aromatic nitrogens is 1. The summed E-state index contributed by atoms with van der Waals surface area (Å²) in [5.74, 6) is 1.44. The molecule has 2 aromatic rings. The summed E-state index contributed by atoms with van der Waals surface area (Å²) in [6.45, 7) is 1.76. The first kappa shape index (κ1) is 11.7. The molecule has 0 aliphatic carbocycles. The lowest BCUT2D eigenvalue weighted by molar-refractivity contribution is 0.278. The van der Waals surface area contributed by atoms with Gasteiger partial charge in [0.15, 0.2) is 0 Å². The highest BCUT2D eigenvalue weighted by molar-refractivity contribution is 5.95. The Hall–Kier alpha value is -1.81. The van der Waals surface area contributed by atoms with Crippen LogP contribution in [0.1, 0.15) is 11.4 Å². The van der Waals surface area contributed by atoms with Gasteiger partial charge in [0.25, 0.3) is 0 Å². The predicted octanol–water partition coefficient (Wildman–Crippen LogP) is 2.05. The zero-order valence-corrected chi connectivity index (χ0v) is 10.2. The SMILES string of the molecule is COc1ccc(OC)c2c(CO)nc(C)cc12. The van der Waals surface area contributed by atoms with Gasteiger partial charge in [-0.05, 0) is 25.1 Å². The minimum atomic E-state index is -0.123. The van der Waals surface area contributed by atoms with E-state index in [1.807, 2.05) is 25.1 Å². The molecule has 17 heavy (non-hydrogen) atoms. The van der Waals surface area contributed by atoms with Gasteiger partial charge in [0.1, 0.15) is 11.5 Å². The van der Waals surface area contributed by atoms with Gasteiger partial charge in [0, 0.05) is 11.1 Å². The maximum Gasteiger partial charge on any atom is 0.128 e. The van der Waals surface area contributed by atoms with Crippen LogP contribution >= 0.6 is 0 Å². The Morgan fingerprint density at radius 2 is 1.82 bits per heavy atom. The van der Waals surface area contributed by atoms with Gasteiger partial charge in [0.05, 0.1) is 31.9 Å². The van der Waals surface area contributed by atoms with E-state index in [0.717, 1.165) is 22.2 Å². The van der Waals surface area contributed by atoms with E-state index < -0.39 is 0 Å². The van der Waals surface area contributed by atoms with E-state index in [-0.39, 0.29) is 6.61 Å². The monoisotopic (exact) mass is 233 g/mol. The van der Waals surface area contributed by atoms with Crippen molar-refractivity contribution in [1.82, 2.24) is 4.98 Å². The number of hydrogen-bond donors (Lipinski definition) is 1. The largest absolute Gasteiger partial charge is 0.496 e. The number of hydrogen-bond acceptors (Lipinski definition) is 4. The van der Waals surface area contributed by atoms with Gasteiger partial charge in [-0.25, -0.2) is 0 Å². The third kappa shape index (κ3) is 1.91. The third-order valence-corrected chi connectivity index (χ3v) is 2.71. The smallest absolute Gasteiger partial charge is 0.128 e. The molecule has 0 atom stereocenters. The molecule has 2 rings (SSSR count). The normalized spacial score (nSPS) is 10.6. The molecule has 4 nitrogen and oxygen atoms in total. The Morgan fingerprint density at radius 3 is 2.41 bits per heavy atom. The zero-order chi connectivity index (χ0) is 12.4. The maximum atomic E-state index is 9.38. The highest BCUT2D eigenvalue weighted by atomic mass is 16.5. The summed E-state index contributed by atoms with van der Waals surface area (Å²) in [7, 11) is 3.22. The molecule has 0 fully saturated rings. The molecular weight excluding hydrogens is 218 g/mol. The van der Waals surface area contributed by atoms with Crippen LogP contribution in [0.25, 0.3) is 10.8 Å². The van der Waals surface area contributed by atoms with Crippen molar-refractivity contribution in [3.05, 3.63) is 29.6 Å². The number of aliphatic hydroxyl groups excluding tert-OH is 1. The van der Waals surface area contributed by atoms with Crippen LogP contribution in [0.3, 0.4) is 0 Å². The molecule has 4 heteroatoms. The average molecular weight is 233 g/mol. The fraction of sp³-hybridized carbons (Fsp3) is 0.308. The standard InChI is InChI=1S/C13H15NO3/c1-8-6-9-11(16-2)4-5-12(17-3)13(9)10(7-15)14-8/h4-6,15H,7H2,1-3H3. The number of ether oxygens (including phenoxy) is 2. The highest BCUT2D eigenvalue weighted by Crippen LogP contribution is 2.35. The van der Waals surface area contributed by atoms with Crippen molar-refractivity contribution in [3.8, 4) is 11.5 Å². The van der Waals surface area contributed by atoms with E-state index in [1.54, 1.807) is 14.2 Å². The summed E-state index contributed by atoms with van der Waals surface area (Å²) < 4.78 is 10.6. The van der Waals surface area contributed by atoms with Crippen LogP contribution in [0.2, 0.25) is 0 Å². The lowest BCUT2D eigenvalue weighted by atomic mass is 10.1. The van der Waals surface area contributed by atoms with Gasteiger partial charge in [-0.2, -0.15) is 0 Å². The number of nitrogens with zero attached hydrogens (tertiary/aromatic N) is 1. The summed E-state index contributed by atoms with van der Waals surface area (Å²) in [4.78, 5) is 4.32. The first-order valence-corrected chi connectivity index (χ1v) is 5.33. The molecule has 0 bridgehead atoms. The van der Waals surface area contributed by atoms with Crippen LogP contribution in [0.4, 0.5) is 0 Å². The van der Waals surface area contributed by atoms with E-state index in [9.17, 15) is 5.11 Å². The van der Waals surface area contributed by atoms with Gasteiger partial charge in [0.2, 0.25) is 0 Å². The number of rotatable bonds is 3. The second kappa shape index (κ2) is 4.59. The van der Waals surface area contributed by atoms with Gasteiger partial charge in [-0.1, -0.05) is 0 Å². The summed E-state index contributed by atoms with van der Waals surface area (Å²) in [6.07, 6.45) is 0. The molecule has 0 saturated heterocycles. The molecule has 1 N–H and O–H groups in total. The molecule has 90 valence electrons.